The lowest BCUT2D eigenvalue weighted by Crippen LogP contribution is -2.36. The van der Waals surface area contributed by atoms with E-state index in [4.69, 9.17) is 9.84 Å². The van der Waals surface area contributed by atoms with Crippen molar-refractivity contribution in [2.24, 2.45) is 0 Å². The van der Waals surface area contributed by atoms with Crippen LogP contribution in [0, 0.1) is 6.92 Å². The lowest BCUT2D eigenvalue weighted by Gasteiger charge is -2.20. The molecule has 2 heterocycles. The van der Waals surface area contributed by atoms with E-state index < -0.39 is 18.2 Å². The number of ether oxygens (including phenoxy) is 1. The summed E-state index contributed by atoms with van der Waals surface area (Å²) in [5, 5.41) is 10.8. The minimum atomic E-state index is -0.993. The number of carbonyl (C=O) groups excluding carboxylic acids is 1. The van der Waals surface area contributed by atoms with Gasteiger partial charge in [0.15, 0.2) is 6.10 Å². The van der Waals surface area contributed by atoms with Gasteiger partial charge in [-0.15, -0.1) is 11.3 Å². The lowest BCUT2D eigenvalue weighted by atomic mass is 10.2. The van der Waals surface area contributed by atoms with Crippen molar-refractivity contribution in [2.75, 3.05) is 7.05 Å². The van der Waals surface area contributed by atoms with Gasteiger partial charge in [-0.3, -0.25) is 4.79 Å². The number of likely N-dealkylation sites (N-methyl/N-ethyl adjacent to an activating group) is 1. The van der Waals surface area contributed by atoms with Crippen LogP contribution in [0.1, 0.15) is 23.3 Å². The summed E-state index contributed by atoms with van der Waals surface area (Å²) in [6.45, 7) is 2.55. The molecule has 1 saturated heterocycles. The summed E-state index contributed by atoms with van der Waals surface area (Å²) in [6.07, 6.45) is -0.585. The Morgan fingerprint density at radius 3 is 2.68 bits per heavy atom. The Kier molecular flexibility index (Phi) is 4.21. The molecule has 1 aromatic heterocycles. The zero-order valence-corrected chi connectivity index (χ0v) is 11.8. The van der Waals surface area contributed by atoms with Gasteiger partial charge in [0.1, 0.15) is 6.10 Å². The Morgan fingerprint density at radius 2 is 2.16 bits per heavy atom. The van der Waals surface area contributed by atoms with E-state index in [9.17, 15) is 9.59 Å². The van der Waals surface area contributed by atoms with Gasteiger partial charge in [-0.05, 0) is 36.8 Å². The van der Waals surface area contributed by atoms with E-state index >= 15 is 0 Å². The summed E-state index contributed by atoms with van der Waals surface area (Å²) in [6, 6.07) is 2.02. The maximum atomic E-state index is 12.2. The third-order valence-electron chi connectivity index (χ3n) is 3.30. The number of rotatable bonds is 4. The highest BCUT2D eigenvalue weighted by atomic mass is 32.1. The van der Waals surface area contributed by atoms with Crippen LogP contribution >= 0.6 is 11.3 Å². The number of carboxylic acids is 1. The second-order valence-electron chi connectivity index (χ2n) is 4.75. The van der Waals surface area contributed by atoms with Gasteiger partial charge in [0.25, 0.3) is 5.91 Å². The molecule has 2 unspecified atom stereocenters. The Labute approximate surface area is 115 Å². The topological polar surface area (TPSA) is 66.8 Å². The van der Waals surface area contributed by atoms with Crippen LogP contribution in [0.4, 0.5) is 0 Å². The quantitative estimate of drug-likeness (QED) is 0.912. The Bertz CT molecular complexity index is 485. The normalized spacial score (nSPS) is 22.4. The molecule has 1 N–H and O–H groups in total. The maximum Gasteiger partial charge on any atom is 0.332 e. The fourth-order valence-electron chi connectivity index (χ4n) is 2.11. The number of carboxylic acid groups (broad SMARTS) is 1. The highest BCUT2D eigenvalue weighted by Crippen LogP contribution is 2.23. The molecule has 0 aromatic carbocycles. The number of amides is 1. The molecule has 6 heteroatoms. The van der Waals surface area contributed by atoms with Crippen molar-refractivity contribution in [3.8, 4) is 0 Å². The molecule has 0 aliphatic carbocycles. The van der Waals surface area contributed by atoms with E-state index in [0.717, 1.165) is 4.88 Å². The monoisotopic (exact) mass is 283 g/mol. The molecule has 1 aliphatic rings. The summed E-state index contributed by atoms with van der Waals surface area (Å²) in [5.41, 5.74) is 1.17. The first-order valence-electron chi connectivity index (χ1n) is 6.15. The molecule has 19 heavy (non-hydrogen) atoms. The molecule has 2 atom stereocenters. The number of thiophene rings is 1. The largest absolute Gasteiger partial charge is 0.479 e. The standard InChI is InChI=1S/C13H17NO4S/c1-8-5-6-19-11(8)7-14(2)12(15)9-3-4-10(18-9)13(16)17/h5-6,9-10H,3-4,7H2,1-2H3,(H,16,17). The van der Waals surface area contributed by atoms with Gasteiger partial charge in [-0.25, -0.2) is 4.79 Å². The molecule has 0 saturated carbocycles. The zero-order valence-electron chi connectivity index (χ0n) is 11.0. The van der Waals surface area contributed by atoms with Crippen LogP contribution in [0.15, 0.2) is 11.4 Å². The first kappa shape index (κ1) is 14.0. The van der Waals surface area contributed by atoms with Gasteiger partial charge in [-0.1, -0.05) is 0 Å². The number of aliphatic carboxylic acids is 1. The third kappa shape index (κ3) is 3.13. The fourth-order valence-corrected chi connectivity index (χ4v) is 3.06. The van der Waals surface area contributed by atoms with Crippen LogP contribution in [-0.4, -0.2) is 41.1 Å². The maximum absolute atomic E-state index is 12.2. The van der Waals surface area contributed by atoms with Crippen molar-refractivity contribution >= 4 is 23.2 Å². The predicted molar refractivity (Wildman–Crippen MR) is 71.1 cm³/mol. The summed E-state index contributed by atoms with van der Waals surface area (Å²) in [5.74, 6) is -1.14. The number of aryl methyl sites for hydroxylation is 1. The smallest absolute Gasteiger partial charge is 0.332 e. The van der Waals surface area contributed by atoms with Crippen molar-refractivity contribution in [3.05, 3.63) is 21.9 Å². The highest BCUT2D eigenvalue weighted by Gasteiger charge is 2.36. The fraction of sp³-hybridized carbons (Fsp3) is 0.538. The molecular formula is C13H17NO4S. The molecule has 2 rings (SSSR count). The molecule has 0 spiro atoms. The van der Waals surface area contributed by atoms with E-state index in [1.54, 1.807) is 23.3 Å². The van der Waals surface area contributed by atoms with Gasteiger partial charge >= 0.3 is 5.97 Å². The summed E-state index contributed by atoms with van der Waals surface area (Å²) in [4.78, 5) is 25.7. The molecule has 5 nitrogen and oxygen atoms in total. The van der Waals surface area contributed by atoms with Crippen molar-refractivity contribution in [2.45, 2.75) is 38.5 Å². The zero-order chi connectivity index (χ0) is 14.0. The van der Waals surface area contributed by atoms with Crippen LogP contribution in [0.5, 0.6) is 0 Å². The Balaban J connectivity index is 1.93. The molecule has 1 fully saturated rings. The molecular weight excluding hydrogens is 266 g/mol. The van der Waals surface area contributed by atoms with Crippen molar-refractivity contribution in [3.63, 3.8) is 0 Å². The summed E-state index contributed by atoms with van der Waals surface area (Å²) in [7, 11) is 1.72. The molecule has 0 radical (unpaired) electrons. The first-order chi connectivity index (χ1) is 8.99. The van der Waals surface area contributed by atoms with E-state index in [1.165, 1.54) is 5.56 Å². The van der Waals surface area contributed by atoms with Crippen molar-refractivity contribution in [1.82, 2.24) is 4.90 Å². The van der Waals surface area contributed by atoms with Crippen LogP contribution in [0.2, 0.25) is 0 Å². The van der Waals surface area contributed by atoms with E-state index in [2.05, 4.69) is 0 Å². The van der Waals surface area contributed by atoms with Crippen LogP contribution in [-0.2, 0) is 20.9 Å². The van der Waals surface area contributed by atoms with Crippen LogP contribution in [0.3, 0.4) is 0 Å². The average molecular weight is 283 g/mol. The van der Waals surface area contributed by atoms with Crippen molar-refractivity contribution < 1.29 is 19.4 Å². The van der Waals surface area contributed by atoms with Crippen LogP contribution in [0.25, 0.3) is 0 Å². The highest BCUT2D eigenvalue weighted by molar-refractivity contribution is 7.10. The Morgan fingerprint density at radius 1 is 1.47 bits per heavy atom. The van der Waals surface area contributed by atoms with E-state index in [1.807, 2.05) is 18.4 Å². The van der Waals surface area contributed by atoms with Gasteiger partial charge < -0.3 is 14.7 Å². The average Bonchev–Trinajstić information content (AvgIpc) is 2.98. The molecule has 1 aromatic rings. The molecule has 0 bridgehead atoms. The summed E-state index contributed by atoms with van der Waals surface area (Å²) >= 11 is 1.61. The SMILES string of the molecule is Cc1ccsc1CN(C)C(=O)C1CCC(C(=O)O)O1. The molecule has 104 valence electrons. The van der Waals surface area contributed by atoms with Crippen LogP contribution < -0.4 is 0 Å². The second kappa shape index (κ2) is 5.71. The van der Waals surface area contributed by atoms with E-state index in [-0.39, 0.29) is 5.91 Å². The number of carbonyl (C=O) groups is 2. The predicted octanol–water partition coefficient (Wildman–Crippen LogP) is 1.65. The number of hydrogen-bond acceptors (Lipinski definition) is 4. The van der Waals surface area contributed by atoms with Gasteiger partial charge in [0, 0.05) is 11.9 Å². The van der Waals surface area contributed by atoms with Crippen molar-refractivity contribution in [1.29, 1.82) is 0 Å². The Hall–Kier alpha value is -1.40. The third-order valence-corrected chi connectivity index (χ3v) is 4.30. The van der Waals surface area contributed by atoms with Gasteiger partial charge in [-0.2, -0.15) is 0 Å². The summed E-state index contributed by atoms with van der Waals surface area (Å²) < 4.78 is 5.27. The number of nitrogens with zero attached hydrogens (tertiary/aromatic N) is 1. The molecule has 1 aliphatic heterocycles. The second-order valence-corrected chi connectivity index (χ2v) is 5.75. The lowest BCUT2D eigenvalue weighted by molar-refractivity contribution is -0.154. The minimum absolute atomic E-state index is 0.142. The molecule has 1 amide bonds. The van der Waals surface area contributed by atoms with Gasteiger partial charge in [0.2, 0.25) is 0 Å². The first-order valence-corrected chi connectivity index (χ1v) is 7.03. The minimum Gasteiger partial charge on any atom is -0.479 e. The van der Waals surface area contributed by atoms with E-state index in [0.29, 0.717) is 19.4 Å². The number of hydrogen-bond donors (Lipinski definition) is 1. The van der Waals surface area contributed by atoms with Gasteiger partial charge in [0.05, 0.1) is 6.54 Å².